The zero-order valence-electron chi connectivity index (χ0n) is 18.7. The molecule has 0 radical (unpaired) electrons. The number of carbonyl (C=O) groups excluding carboxylic acids is 3. The number of thiophene rings is 1. The van der Waals surface area contributed by atoms with Gasteiger partial charge in [-0.2, -0.15) is 0 Å². The highest BCUT2D eigenvalue weighted by atomic mass is 32.2. The molecular weight excluding hydrogens is 448 g/mol. The fourth-order valence-corrected chi connectivity index (χ4v) is 5.58. The molecule has 0 saturated heterocycles. The summed E-state index contributed by atoms with van der Waals surface area (Å²) in [6.07, 6.45) is 0.115. The second-order valence-electron chi connectivity index (χ2n) is 7.45. The summed E-state index contributed by atoms with van der Waals surface area (Å²) in [6.45, 7) is 9.02. The van der Waals surface area contributed by atoms with Gasteiger partial charge in [-0.25, -0.2) is 9.59 Å². The number of benzene rings is 1. The molecule has 1 aliphatic rings. The highest BCUT2D eigenvalue weighted by Gasteiger charge is 2.31. The number of fused-ring (bicyclic) bond motifs is 1. The Hall–Kier alpha value is -2.52. The van der Waals surface area contributed by atoms with Crippen molar-refractivity contribution >= 4 is 46.1 Å². The van der Waals surface area contributed by atoms with Crippen LogP contribution in [0.5, 0.6) is 0 Å². The lowest BCUT2D eigenvalue weighted by atomic mass is 10.0. The Morgan fingerprint density at radius 3 is 2.62 bits per heavy atom. The second kappa shape index (κ2) is 10.9. The molecule has 1 N–H and O–H groups in total. The van der Waals surface area contributed by atoms with Gasteiger partial charge in [-0.05, 0) is 44.0 Å². The Morgan fingerprint density at radius 2 is 1.94 bits per heavy atom. The lowest BCUT2D eigenvalue weighted by Gasteiger charge is -2.26. The van der Waals surface area contributed by atoms with Crippen LogP contribution < -0.4 is 5.32 Å². The molecule has 1 aromatic heterocycles. The molecule has 1 aliphatic heterocycles. The van der Waals surface area contributed by atoms with E-state index >= 15 is 0 Å². The van der Waals surface area contributed by atoms with Crippen molar-refractivity contribution in [3.63, 3.8) is 0 Å². The Labute approximate surface area is 196 Å². The summed E-state index contributed by atoms with van der Waals surface area (Å²) >= 11 is 2.98. The number of thioether (sulfide) groups is 1. The zero-order valence-corrected chi connectivity index (χ0v) is 20.4. The number of nitrogens with zero attached hydrogens (tertiary/aromatic N) is 1. The smallest absolute Gasteiger partial charge is 0.410 e. The van der Waals surface area contributed by atoms with Gasteiger partial charge in [0.05, 0.1) is 25.3 Å². The topological polar surface area (TPSA) is 84.9 Å². The molecule has 2 heterocycles. The molecule has 9 heteroatoms. The number of rotatable bonds is 7. The third-order valence-corrected chi connectivity index (χ3v) is 6.89. The quantitative estimate of drug-likeness (QED) is 0.437. The van der Waals surface area contributed by atoms with Crippen molar-refractivity contribution in [1.82, 2.24) is 4.90 Å². The fraction of sp³-hybridized carbons (Fsp3) is 0.435. The van der Waals surface area contributed by atoms with E-state index in [4.69, 9.17) is 9.47 Å². The maximum Gasteiger partial charge on any atom is 0.410 e. The van der Waals surface area contributed by atoms with E-state index in [0.717, 1.165) is 15.3 Å². The van der Waals surface area contributed by atoms with Gasteiger partial charge in [0.2, 0.25) is 0 Å². The number of nitrogens with one attached hydrogen (secondary N) is 1. The molecule has 2 amide bonds. The van der Waals surface area contributed by atoms with Crippen molar-refractivity contribution in [3.05, 3.63) is 45.8 Å². The molecule has 2 aromatic rings. The minimum absolute atomic E-state index is 0.236. The van der Waals surface area contributed by atoms with E-state index in [1.165, 1.54) is 11.3 Å². The first kappa shape index (κ1) is 24.1. The van der Waals surface area contributed by atoms with E-state index in [1.807, 2.05) is 18.2 Å². The SMILES string of the molecule is CCOC(=O)c1c(NC(=O)c2cccc(SC(C)C)c2)sc2c1CCN(C(=O)OCC)C2. The average Bonchev–Trinajstić information content (AvgIpc) is 3.10. The highest BCUT2D eigenvalue weighted by Crippen LogP contribution is 2.38. The monoisotopic (exact) mass is 476 g/mol. The van der Waals surface area contributed by atoms with Crippen molar-refractivity contribution in [1.29, 1.82) is 0 Å². The molecule has 0 fully saturated rings. The van der Waals surface area contributed by atoms with Gasteiger partial charge in [-0.15, -0.1) is 23.1 Å². The predicted molar refractivity (Wildman–Crippen MR) is 127 cm³/mol. The maximum atomic E-state index is 13.0. The van der Waals surface area contributed by atoms with E-state index in [-0.39, 0.29) is 18.6 Å². The van der Waals surface area contributed by atoms with Crippen LogP contribution in [0.4, 0.5) is 9.80 Å². The van der Waals surface area contributed by atoms with Crippen LogP contribution in [0.15, 0.2) is 29.2 Å². The number of ether oxygens (including phenoxy) is 2. The van der Waals surface area contributed by atoms with E-state index in [0.29, 0.717) is 47.5 Å². The summed E-state index contributed by atoms with van der Waals surface area (Å²) in [6, 6.07) is 7.42. The van der Waals surface area contributed by atoms with Crippen molar-refractivity contribution < 1.29 is 23.9 Å². The Morgan fingerprint density at radius 1 is 1.19 bits per heavy atom. The molecule has 0 unspecified atom stereocenters. The molecule has 32 heavy (non-hydrogen) atoms. The summed E-state index contributed by atoms with van der Waals surface area (Å²) in [7, 11) is 0. The van der Waals surface area contributed by atoms with E-state index < -0.39 is 5.97 Å². The van der Waals surface area contributed by atoms with Crippen molar-refractivity contribution in [3.8, 4) is 0 Å². The first-order chi connectivity index (χ1) is 15.3. The summed E-state index contributed by atoms with van der Waals surface area (Å²) in [5.74, 6) is -0.753. The first-order valence-corrected chi connectivity index (χ1v) is 12.3. The molecule has 0 atom stereocenters. The molecule has 0 spiro atoms. The standard InChI is InChI=1S/C23H28N2O5S2/c1-5-29-22(27)19-17-10-11-25(23(28)30-6-2)13-18(17)32-21(19)24-20(26)15-8-7-9-16(12-15)31-14(3)4/h7-9,12,14H,5-6,10-11,13H2,1-4H3,(H,24,26). The summed E-state index contributed by atoms with van der Waals surface area (Å²) in [5.41, 5.74) is 1.73. The van der Waals surface area contributed by atoms with Gasteiger partial charge in [0.15, 0.2) is 0 Å². The molecule has 0 saturated carbocycles. The van der Waals surface area contributed by atoms with Crippen molar-refractivity contribution in [2.45, 2.75) is 50.8 Å². The van der Waals surface area contributed by atoms with Crippen LogP contribution in [0.1, 0.15) is 58.9 Å². The molecule has 0 aliphatic carbocycles. The molecule has 0 bridgehead atoms. The largest absolute Gasteiger partial charge is 0.462 e. The van der Waals surface area contributed by atoms with Gasteiger partial charge in [-0.1, -0.05) is 19.9 Å². The number of carbonyl (C=O) groups is 3. The van der Waals surface area contributed by atoms with Crippen LogP contribution in [-0.2, 0) is 22.4 Å². The molecule has 172 valence electrons. The van der Waals surface area contributed by atoms with Crippen molar-refractivity contribution in [2.75, 3.05) is 25.1 Å². The van der Waals surface area contributed by atoms with Crippen LogP contribution in [0.3, 0.4) is 0 Å². The van der Waals surface area contributed by atoms with Gasteiger partial charge in [0.25, 0.3) is 5.91 Å². The lowest BCUT2D eigenvalue weighted by Crippen LogP contribution is -2.36. The van der Waals surface area contributed by atoms with E-state index in [9.17, 15) is 14.4 Å². The fourth-order valence-electron chi connectivity index (χ4n) is 3.44. The summed E-state index contributed by atoms with van der Waals surface area (Å²) in [4.78, 5) is 41.4. The van der Waals surface area contributed by atoms with Crippen LogP contribution >= 0.6 is 23.1 Å². The van der Waals surface area contributed by atoms with E-state index in [1.54, 1.807) is 36.6 Å². The van der Waals surface area contributed by atoms with Gasteiger partial charge in [-0.3, -0.25) is 4.79 Å². The molecule has 3 rings (SSSR count). The van der Waals surface area contributed by atoms with Crippen LogP contribution in [0.25, 0.3) is 0 Å². The highest BCUT2D eigenvalue weighted by molar-refractivity contribution is 7.99. The van der Waals surface area contributed by atoms with Crippen LogP contribution in [0.2, 0.25) is 0 Å². The van der Waals surface area contributed by atoms with Gasteiger partial charge < -0.3 is 19.7 Å². The predicted octanol–water partition coefficient (Wildman–Crippen LogP) is 5.19. The lowest BCUT2D eigenvalue weighted by molar-refractivity contribution is 0.0526. The Balaban J connectivity index is 1.88. The molecular formula is C23H28N2O5S2. The summed E-state index contributed by atoms with van der Waals surface area (Å²) in [5, 5.41) is 3.76. The number of anilines is 1. The van der Waals surface area contributed by atoms with E-state index in [2.05, 4.69) is 19.2 Å². The second-order valence-corrected chi connectivity index (χ2v) is 10.2. The van der Waals surface area contributed by atoms with Gasteiger partial charge >= 0.3 is 12.1 Å². The average molecular weight is 477 g/mol. The van der Waals surface area contributed by atoms with Crippen molar-refractivity contribution in [2.24, 2.45) is 0 Å². The number of esters is 1. The number of hydrogen-bond acceptors (Lipinski definition) is 7. The molecule has 1 aromatic carbocycles. The number of amides is 2. The zero-order chi connectivity index (χ0) is 23.3. The normalized spacial score (nSPS) is 13.0. The molecule has 7 nitrogen and oxygen atoms in total. The number of hydrogen-bond donors (Lipinski definition) is 1. The minimum atomic E-state index is -0.464. The minimum Gasteiger partial charge on any atom is -0.462 e. The van der Waals surface area contributed by atoms with Gasteiger partial charge in [0, 0.05) is 27.1 Å². The third-order valence-electron chi connectivity index (χ3n) is 4.76. The maximum absolute atomic E-state index is 13.0. The Bertz CT molecular complexity index is 1000. The summed E-state index contributed by atoms with van der Waals surface area (Å²) < 4.78 is 10.4. The van der Waals surface area contributed by atoms with Crippen LogP contribution in [-0.4, -0.2) is 47.9 Å². The third kappa shape index (κ3) is 5.63. The van der Waals surface area contributed by atoms with Gasteiger partial charge in [0.1, 0.15) is 5.00 Å². The van der Waals surface area contributed by atoms with Crippen LogP contribution in [0, 0.1) is 0 Å². The first-order valence-electron chi connectivity index (χ1n) is 10.6. The Kier molecular flexibility index (Phi) is 8.20.